The molecule has 106 valence electrons. The Hall–Kier alpha value is -2.47. The lowest BCUT2D eigenvalue weighted by molar-refractivity contribution is -0.138. The van der Waals surface area contributed by atoms with E-state index in [9.17, 15) is 19.1 Å². The second kappa shape index (κ2) is 5.14. The first-order valence-corrected chi connectivity index (χ1v) is 7.04. The predicted octanol–water partition coefficient (Wildman–Crippen LogP) is 2.73. The fraction of sp³-hybridized carbons (Fsp3) is 0.0667. The van der Waals surface area contributed by atoms with E-state index >= 15 is 0 Å². The van der Waals surface area contributed by atoms with Crippen LogP contribution in [0.25, 0.3) is 5.57 Å². The van der Waals surface area contributed by atoms with E-state index in [4.69, 9.17) is 0 Å². The van der Waals surface area contributed by atoms with Crippen molar-refractivity contribution in [1.82, 2.24) is 4.90 Å². The van der Waals surface area contributed by atoms with Crippen LogP contribution in [0.3, 0.4) is 0 Å². The Morgan fingerprint density at radius 2 is 1.86 bits per heavy atom. The number of carbonyl (C=O) groups is 2. The molecule has 2 heterocycles. The van der Waals surface area contributed by atoms with Crippen LogP contribution in [-0.4, -0.2) is 21.8 Å². The molecule has 1 aromatic carbocycles. The molecule has 3 rings (SSSR count). The molecule has 0 saturated carbocycles. The minimum absolute atomic E-state index is 0.0219. The van der Waals surface area contributed by atoms with Crippen LogP contribution in [0.5, 0.6) is 0 Å². The van der Waals surface area contributed by atoms with Gasteiger partial charge >= 0.3 is 0 Å². The normalized spacial score (nSPS) is 15.2. The van der Waals surface area contributed by atoms with Crippen LogP contribution in [0, 0.1) is 5.82 Å². The Bertz CT molecular complexity index is 752. The van der Waals surface area contributed by atoms with Crippen LogP contribution >= 0.6 is 11.3 Å². The first-order valence-electron chi connectivity index (χ1n) is 6.16. The molecule has 0 atom stereocenters. The van der Waals surface area contributed by atoms with E-state index < -0.39 is 23.4 Å². The fourth-order valence-corrected chi connectivity index (χ4v) is 2.91. The third-order valence-electron chi connectivity index (χ3n) is 3.20. The summed E-state index contributed by atoms with van der Waals surface area (Å²) in [6, 6.07) is 9.27. The average Bonchev–Trinajstić information content (AvgIpc) is 3.05. The van der Waals surface area contributed by atoms with Crippen molar-refractivity contribution in [3.8, 4) is 0 Å². The summed E-state index contributed by atoms with van der Waals surface area (Å²) in [4.78, 5) is 25.7. The Kier molecular flexibility index (Phi) is 3.31. The van der Waals surface area contributed by atoms with Crippen LogP contribution < -0.4 is 0 Å². The second-order valence-corrected chi connectivity index (χ2v) is 5.44. The Morgan fingerprint density at radius 3 is 2.52 bits per heavy atom. The minimum Gasteiger partial charge on any atom is -0.502 e. The molecule has 2 amide bonds. The molecule has 0 aliphatic carbocycles. The van der Waals surface area contributed by atoms with Crippen molar-refractivity contribution in [3.63, 3.8) is 0 Å². The smallest absolute Gasteiger partial charge is 0.296 e. The zero-order valence-electron chi connectivity index (χ0n) is 10.7. The number of thiophene rings is 1. The molecule has 0 spiro atoms. The largest absolute Gasteiger partial charge is 0.502 e. The number of imide groups is 1. The van der Waals surface area contributed by atoms with Gasteiger partial charge < -0.3 is 5.11 Å². The fourth-order valence-electron chi connectivity index (χ4n) is 2.15. The number of aliphatic hydroxyl groups is 1. The summed E-state index contributed by atoms with van der Waals surface area (Å²) in [6.07, 6.45) is 0. The third-order valence-corrected chi connectivity index (χ3v) is 4.08. The number of hydrogen-bond acceptors (Lipinski definition) is 4. The van der Waals surface area contributed by atoms with Gasteiger partial charge in [0.1, 0.15) is 11.4 Å². The quantitative estimate of drug-likeness (QED) is 0.887. The van der Waals surface area contributed by atoms with Gasteiger partial charge in [-0.2, -0.15) is 0 Å². The molecule has 0 saturated heterocycles. The standard InChI is InChI=1S/C15H10FNO3S/c16-10-5-2-1-4-9(10)8-17-14(19)12(13(18)15(17)20)11-6-3-7-21-11/h1-7,18H,8H2. The van der Waals surface area contributed by atoms with E-state index in [1.165, 1.54) is 29.5 Å². The first-order chi connectivity index (χ1) is 10.1. The number of aliphatic hydroxyl groups excluding tert-OH is 1. The highest BCUT2D eigenvalue weighted by atomic mass is 32.1. The van der Waals surface area contributed by atoms with E-state index in [0.717, 1.165) is 4.90 Å². The molecule has 1 aliphatic rings. The highest BCUT2D eigenvalue weighted by Crippen LogP contribution is 2.31. The number of halogens is 1. The van der Waals surface area contributed by atoms with E-state index in [1.807, 2.05) is 0 Å². The lowest BCUT2D eigenvalue weighted by atomic mass is 10.2. The lowest BCUT2D eigenvalue weighted by Crippen LogP contribution is -2.31. The third kappa shape index (κ3) is 2.23. The number of hydrogen-bond donors (Lipinski definition) is 1. The van der Waals surface area contributed by atoms with Gasteiger partial charge in [0.2, 0.25) is 0 Å². The van der Waals surface area contributed by atoms with Crippen LogP contribution in [0.1, 0.15) is 10.4 Å². The summed E-state index contributed by atoms with van der Waals surface area (Å²) in [5.41, 5.74) is 0.200. The molecule has 0 fully saturated rings. The summed E-state index contributed by atoms with van der Waals surface area (Å²) in [7, 11) is 0. The molecule has 0 radical (unpaired) electrons. The van der Waals surface area contributed by atoms with Gasteiger partial charge in [-0.1, -0.05) is 24.3 Å². The summed E-state index contributed by atoms with van der Waals surface area (Å²) < 4.78 is 13.6. The van der Waals surface area contributed by atoms with E-state index in [2.05, 4.69) is 0 Å². The summed E-state index contributed by atoms with van der Waals surface area (Å²) in [6.45, 7) is -0.205. The van der Waals surface area contributed by atoms with Crippen LogP contribution in [0.15, 0.2) is 47.5 Å². The topological polar surface area (TPSA) is 57.6 Å². The monoisotopic (exact) mass is 303 g/mol. The number of rotatable bonds is 3. The molecule has 6 heteroatoms. The molecule has 0 unspecified atom stereocenters. The van der Waals surface area contributed by atoms with Crippen LogP contribution in [-0.2, 0) is 16.1 Å². The van der Waals surface area contributed by atoms with Crippen LogP contribution in [0.2, 0.25) is 0 Å². The maximum Gasteiger partial charge on any atom is 0.296 e. The summed E-state index contributed by atoms with van der Waals surface area (Å²) in [5.74, 6) is -2.49. The molecule has 21 heavy (non-hydrogen) atoms. The molecule has 1 N–H and O–H groups in total. The van der Waals surface area contributed by atoms with E-state index in [1.54, 1.807) is 23.6 Å². The molecular weight excluding hydrogens is 293 g/mol. The average molecular weight is 303 g/mol. The Balaban J connectivity index is 1.93. The van der Waals surface area contributed by atoms with E-state index in [0.29, 0.717) is 4.88 Å². The zero-order valence-corrected chi connectivity index (χ0v) is 11.6. The van der Waals surface area contributed by atoms with Gasteiger partial charge in [0.05, 0.1) is 6.54 Å². The van der Waals surface area contributed by atoms with Gasteiger partial charge in [-0.05, 0) is 17.5 Å². The van der Waals surface area contributed by atoms with Crippen molar-refractivity contribution in [1.29, 1.82) is 0 Å². The van der Waals surface area contributed by atoms with Gasteiger partial charge in [-0.3, -0.25) is 14.5 Å². The van der Waals surface area contributed by atoms with Gasteiger partial charge in [0.15, 0.2) is 5.76 Å². The van der Waals surface area contributed by atoms with Crippen molar-refractivity contribution in [2.24, 2.45) is 0 Å². The molecule has 2 aromatic rings. The van der Waals surface area contributed by atoms with Crippen molar-refractivity contribution < 1.29 is 19.1 Å². The lowest BCUT2D eigenvalue weighted by Gasteiger charge is -2.14. The minimum atomic E-state index is -0.799. The molecule has 1 aromatic heterocycles. The first kappa shape index (κ1) is 13.5. The van der Waals surface area contributed by atoms with Gasteiger partial charge in [-0.15, -0.1) is 11.3 Å². The zero-order chi connectivity index (χ0) is 15.0. The highest BCUT2D eigenvalue weighted by molar-refractivity contribution is 7.11. The van der Waals surface area contributed by atoms with Crippen molar-refractivity contribution in [2.75, 3.05) is 0 Å². The predicted molar refractivity (Wildman–Crippen MR) is 75.8 cm³/mol. The van der Waals surface area contributed by atoms with Gasteiger partial charge in [-0.25, -0.2) is 4.39 Å². The molecular formula is C15H10FNO3S. The number of amides is 2. The van der Waals surface area contributed by atoms with Crippen molar-refractivity contribution in [2.45, 2.75) is 6.54 Å². The molecule has 1 aliphatic heterocycles. The number of benzene rings is 1. The number of nitrogens with zero attached hydrogens (tertiary/aromatic N) is 1. The summed E-state index contributed by atoms with van der Waals surface area (Å²) >= 11 is 1.25. The highest BCUT2D eigenvalue weighted by Gasteiger charge is 2.39. The van der Waals surface area contributed by atoms with Crippen molar-refractivity contribution >= 4 is 28.7 Å². The van der Waals surface area contributed by atoms with Gasteiger partial charge in [0.25, 0.3) is 11.8 Å². The number of carbonyl (C=O) groups excluding carboxylic acids is 2. The Morgan fingerprint density at radius 1 is 1.10 bits per heavy atom. The maximum absolute atomic E-state index is 13.6. The van der Waals surface area contributed by atoms with Gasteiger partial charge in [0, 0.05) is 10.4 Å². The van der Waals surface area contributed by atoms with E-state index in [-0.39, 0.29) is 17.7 Å². The van der Waals surface area contributed by atoms with Crippen LogP contribution in [0.4, 0.5) is 4.39 Å². The summed E-state index contributed by atoms with van der Waals surface area (Å²) in [5, 5.41) is 11.6. The molecule has 4 nitrogen and oxygen atoms in total. The Labute approximate surface area is 123 Å². The second-order valence-electron chi connectivity index (χ2n) is 4.49. The SMILES string of the molecule is O=C1C(O)=C(c2cccs2)C(=O)N1Cc1ccccc1F. The molecule has 0 bridgehead atoms. The van der Waals surface area contributed by atoms with Crippen molar-refractivity contribution in [3.05, 3.63) is 63.8 Å². The maximum atomic E-state index is 13.6.